The standard InChI is InChI=1S/C19H26N4O2/c1-14-16(19(25-3)22(2)21-14)13-20-17(15-9-5-4-6-10-15)18(24)23-11-7-8-12-23/h4-6,9-10,17,20H,7-8,11-13H2,1-3H3/t17-/m1/s1. The minimum absolute atomic E-state index is 0.143. The zero-order valence-electron chi connectivity index (χ0n) is 15.2. The van der Waals surface area contributed by atoms with E-state index in [9.17, 15) is 4.79 Å². The molecule has 1 aliphatic heterocycles. The van der Waals surface area contributed by atoms with Crippen LogP contribution in [0.1, 0.15) is 35.7 Å². The van der Waals surface area contributed by atoms with Crippen molar-refractivity contribution in [3.63, 3.8) is 0 Å². The maximum absolute atomic E-state index is 13.0. The molecule has 25 heavy (non-hydrogen) atoms. The van der Waals surface area contributed by atoms with Gasteiger partial charge in [0.25, 0.3) is 0 Å². The van der Waals surface area contributed by atoms with E-state index in [4.69, 9.17) is 4.74 Å². The zero-order chi connectivity index (χ0) is 17.8. The number of nitrogens with zero attached hydrogens (tertiary/aromatic N) is 3. The van der Waals surface area contributed by atoms with E-state index in [1.54, 1.807) is 11.8 Å². The van der Waals surface area contributed by atoms with Crippen molar-refractivity contribution in [2.75, 3.05) is 20.2 Å². The van der Waals surface area contributed by atoms with Crippen LogP contribution < -0.4 is 10.1 Å². The third-order valence-electron chi connectivity index (χ3n) is 4.76. The second kappa shape index (κ2) is 7.70. The van der Waals surface area contributed by atoms with E-state index < -0.39 is 0 Å². The zero-order valence-corrected chi connectivity index (χ0v) is 15.2. The number of methoxy groups -OCH3 is 1. The molecule has 1 amide bonds. The van der Waals surface area contributed by atoms with Crippen molar-refractivity contribution in [1.29, 1.82) is 0 Å². The Morgan fingerprint density at radius 3 is 2.60 bits per heavy atom. The molecule has 6 heteroatoms. The molecule has 2 heterocycles. The summed E-state index contributed by atoms with van der Waals surface area (Å²) in [6.45, 7) is 4.18. The fourth-order valence-corrected chi connectivity index (χ4v) is 3.46. The third-order valence-corrected chi connectivity index (χ3v) is 4.76. The summed E-state index contributed by atoms with van der Waals surface area (Å²) in [7, 11) is 3.50. The van der Waals surface area contributed by atoms with Crippen LogP contribution in [0.2, 0.25) is 0 Å². The van der Waals surface area contributed by atoms with Crippen LogP contribution in [0.5, 0.6) is 5.88 Å². The molecule has 1 aromatic heterocycles. The first-order valence-corrected chi connectivity index (χ1v) is 8.75. The average molecular weight is 342 g/mol. The predicted octanol–water partition coefficient (Wildman–Crippen LogP) is 2.19. The number of carbonyl (C=O) groups is 1. The number of likely N-dealkylation sites (tertiary alicyclic amines) is 1. The minimum atomic E-state index is -0.358. The SMILES string of the molecule is COc1c(CN[C@@H](C(=O)N2CCCC2)c2ccccc2)c(C)nn1C. The van der Waals surface area contributed by atoms with Gasteiger partial charge in [0.05, 0.1) is 18.4 Å². The molecule has 0 spiro atoms. The van der Waals surface area contributed by atoms with Gasteiger partial charge in [0, 0.05) is 26.7 Å². The van der Waals surface area contributed by atoms with Crippen LogP contribution in [-0.2, 0) is 18.4 Å². The highest BCUT2D eigenvalue weighted by atomic mass is 16.5. The Morgan fingerprint density at radius 1 is 1.28 bits per heavy atom. The van der Waals surface area contributed by atoms with Crippen molar-refractivity contribution in [2.24, 2.45) is 7.05 Å². The van der Waals surface area contributed by atoms with Gasteiger partial charge in [-0.05, 0) is 25.3 Å². The average Bonchev–Trinajstić information content (AvgIpc) is 3.24. The number of ether oxygens (including phenoxy) is 1. The summed E-state index contributed by atoms with van der Waals surface area (Å²) < 4.78 is 7.19. The molecule has 0 aliphatic carbocycles. The fraction of sp³-hybridized carbons (Fsp3) is 0.474. The number of hydrogen-bond acceptors (Lipinski definition) is 4. The molecular weight excluding hydrogens is 316 g/mol. The molecule has 1 fully saturated rings. The highest BCUT2D eigenvalue weighted by Gasteiger charge is 2.28. The Balaban J connectivity index is 1.82. The van der Waals surface area contributed by atoms with Crippen molar-refractivity contribution in [3.05, 3.63) is 47.2 Å². The first kappa shape index (κ1) is 17.5. The Bertz CT molecular complexity index is 721. The van der Waals surface area contributed by atoms with Gasteiger partial charge in [-0.25, -0.2) is 4.68 Å². The van der Waals surface area contributed by atoms with Crippen LogP contribution >= 0.6 is 0 Å². The molecule has 1 aromatic carbocycles. The van der Waals surface area contributed by atoms with Gasteiger partial charge in [0.1, 0.15) is 6.04 Å². The first-order valence-electron chi connectivity index (χ1n) is 8.75. The molecule has 1 N–H and O–H groups in total. The molecule has 0 radical (unpaired) electrons. The maximum atomic E-state index is 13.0. The van der Waals surface area contributed by atoms with E-state index in [1.165, 1.54) is 0 Å². The van der Waals surface area contributed by atoms with E-state index in [0.717, 1.165) is 48.6 Å². The molecule has 3 rings (SSSR count). The van der Waals surface area contributed by atoms with Crippen LogP contribution in [0.3, 0.4) is 0 Å². The van der Waals surface area contributed by atoms with E-state index in [-0.39, 0.29) is 11.9 Å². The quantitative estimate of drug-likeness (QED) is 0.874. The van der Waals surface area contributed by atoms with Crippen molar-refractivity contribution in [1.82, 2.24) is 20.0 Å². The molecule has 1 saturated heterocycles. The Labute approximate surface area is 148 Å². The van der Waals surface area contributed by atoms with Crippen molar-refractivity contribution < 1.29 is 9.53 Å². The van der Waals surface area contributed by atoms with Crippen molar-refractivity contribution >= 4 is 5.91 Å². The highest BCUT2D eigenvalue weighted by Crippen LogP contribution is 2.24. The minimum Gasteiger partial charge on any atom is -0.481 e. The number of benzene rings is 1. The Kier molecular flexibility index (Phi) is 5.38. The molecular formula is C19H26N4O2. The number of rotatable bonds is 6. The number of nitrogens with one attached hydrogen (secondary N) is 1. The normalized spacial score (nSPS) is 15.4. The maximum Gasteiger partial charge on any atom is 0.244 e. The number of carbonyl (C=O) groups excluding carboxylic acids is 1. The Hall–Kier alpha value is -2.34. The number of hydrogen-bond donors (Lipinski definition) is 1. The van der Waals surface area contributed by atoms with E-state index in [1.807, 2.05) is 49.2 Å². The first-order chi connectivity index (χ1) is 12.1. The van der Waals surface area contributed by atoms with Crippen LogP contribution in [0, 0.1) is 6.92 Å². The summed E-state index contributed by atoms with van der Waals surface area (Å²) in [5.74, 6) is 0.870. The number of amides is 1. The highest BCUT2D eigenvalue weighted by molar-refractivity contribution is 5.83. The summed E-state index contributed by atoms with van der Waals surface area (Å²) in [4.78, 5) is 15.0. The smallest absolute Gasteiger partial charge is 0.244 e. The molecule has 2 aromatic rings. The molecule has 1 atom stereocenters. The van der Waals surface area contributed by atoms with Crippen molar-refractivity contribution in [2.45, 2.75) is 32.4 Å². The largest absolute Gasteiger partial charge is 0.481 e. The molecule has 1 aliphatic rings. The van der Waals surface area contributed by atoms with Gasteiger partial charge in [-0.2, -0.15) is 5.10 Å². The monoisotopic (exact) mass is 342 g/mol. The summed E-state index contributed by atoms with van der Waals surface area (Å²) in [6, 6.07) is 9.55. The summed E-state index contributed by atoms with van der Waals surface area (Å²) in [5.41, 5.74) is 2.88. The molecule has 134 valence electrons. The number of aromatic nitrogens is 2. The lowest BCUT2D eigenvalue weighted by Crippen LogP contribution is -2.39. The number of aryl methyl sites for hydroxylation is 2. The van der Waals surface area contributed by atoms with Gasteiger partial charge in [-0.1, -0.05) is 30.3 Å². The lowest BCUT2D eigenvalue weighted by Gasteiger charge is -2.24. The van der Waals surface area contributed by atoms with Crippen LogP contribution in [0.15, 0.2) is 30.3 Å². The fourth-order valence-electron chi connectivity index (χ4n) is 3.46. The second-order valence-corrected chi connectivity index (χ2v) is 6.45. The van der Waals surface area contributed by atoms with Crippen LogP contribution in [0.4, 0.5) is 0 Å². The van der Waals surface area contributed by atoms with Gasteiger partial charge >= 0.3 is 0 Å². The lowest BCUT2D eigenvalue weighted by atomic mass is 10.0. The van der Waals surface area contributed by atoms with Gasteiger partial charge in [0.2, 0.25) is 11.8 Å². The molecule has 6 nitrogen and oxygen atoms in total. The molecule has 0 bridgehead atoms. The predicted molar refractivity (Wildman–Crippen MR) is 96.3 cm³/mol. The van der Waals surface area contributed by atoms with E-state index >= 15 is 0 Å². The van der Waals surface area contributed by atoms with Crippen LogP contribution in [-0.4, -0.2) is 40.8 Å². The third kappa shape index (κ3) is 3.69. The van der Waals surface area contributed by atoms with Gasteiger partial charge in [-0.15, -0.1) is 0 Å². The van der Waals surface area contributed by atoms with Gasteiger partial charge in [-0.3, -0.25) is 10.1 Å². The van der Waals surface area contributed by atoms with Gasteiger partial charge < -0.3 is 9.64 Å². The topological polar surface area (TPSA) is 59.4 Å². The van der Waals surface area contributed by atoms with Crippen molar-refractivity contribution in [3.8, 4) is 5.88 Å². The summed E-state index contributed by atoms with van der Waals surface area (Å²) in [5, 5.41) is 7.84. The van der Waals surface area contributed by atoms with E-state index in [0.29, 0.717) is 6.54 Å². The second-order valence-electron chi connectivity index (χ2n) is 6.45. The lowest BCUT2D eigenvalue weighted by molar-refractivity contribution is -0.132. The van der Waals surface area contributed by atoms with Gasteiger partial charge in [0.15, 0.2) is 0 Å². The van der Waals surface area contributed by atoms with E-state index in [2.05, 4.69) is 10.4 Å². The molecule has 0 unspecified atom stereocenters. The molecule has 0 saturated carbocycles. The summed E-state index contributed by atoms with van der Waals surface area (Å²) in [6.07, 6.45) is 2.17. The van der Waals surface area contributed by atoms with Crippen LogP contribution in [0.25, 0.3) is 0 Å². The summed E-state index contributed by atoms with van der Waals surface area (Å²) >= 11 is 0. The Morgan fingerprint density at radius 2 is 1.96 bits per heavy atom.